The van der Waals surface area contributed by atoms with Gasteiger partial charge >= 0.3 is 0 Å². The predicted octanol–water partition coefficient (Wildman–Crippen LogP) is 3.14. The van der Waals surface area contributed by atoms with Crippen molar-refractivity contribution < 1.29 is 14.4 Å². The highest BCUT2D eigenvalue weighted by molar-refractivity contribution is 5.94. The molecule has 4 aliphatic rings. The monoisotopic (exact) mass is 469 g/mol. The van der Waals surface area contributed by atoms with Crippen LogP contribution in [0.3, 0.4) is 0 Å². The van der Waals surface area contributed by atoms with Crippen LogP contribution in [-0.4, -0.2) is 43.7 Å². The van der Waals surface area contributed by atoms with Crippen molar-refractivity contribution in [2.75, 3.05) is 13.1 Å². The molecule has 0 spiro atoms. The van der Waals surface area contributed by atoms with Gasteiger partial charge in [0.05, 0.1) is 11.7 Å². The molecule has 0 radical (unpaired) electrons. The maximum Gasteiger partial charge on any atom is 0.269 e. The summed E-state index contributed by atoms with van der Waals surface area (Å²) in [7, 11) is 0. The van der Waals surface area contributed by atoms with Crippen LogP contribution in [-0.2, 0) is 12.1 Å². The Morgan fingerprint density at radius 3 is 2.74 bits per heavy atom. The Kier molecular flexibility index (Phi) is 4.95. The maximum absolute atomic E-state index is 12.4. The molecule has 3 aromatic rings. The lowest BCUT2D eigenvalue weighted by Gasteiger charge is -2.27. The maximum atomic E-state index is 12.4. The first kappa shape index (κ1) is 21.8. The first-order valence-corrected chi connectivity index (χ1v) is 12.0. The molecule has 5 heterocycles. The van der Waals surface area contributed by atoms with E-state index < -0.39 is 11.5 Å². The quantitative estimate of drug-likeness (QED) is 0.568. The summed E-state index contributed by atoms with van der Waals surface area (Å²) in [6.07, 6.45) is 5.48. The first-order chi connectivity index (χ1) is 16.8. The predicted molar refractivity (Wildman–Crippen MR) is 130 cm³/mol. The number of aryl methyl sites for hydroxylation is 1. The molecule has 0 saturated carbocycles. The summed E-state index contributed by atoms with van der Waals surface area (Å²) in [5, 5.41) is 14.7. The lowest BCUT2D eigenvalue weighted by atomic mass is 9.86. The number of amides is 1. The molecule has 7 rings (SSSR count). The molecule has 8 heteroatoms. The third kappa shape index (κ3) is 3.68. The van der Waals surface area contributed by atoms with Gasteiger partial charge in [-0.3, -0.25) is 9.69 Å². The number of nitrogens with zero attached hydrogens (tertiary/aromatic N) is 4. The number of nitrogens with two attached hydrogens (primary N) is 1. The number of rotatable bonds is 4. The summed E-state index contributed by atoms with van der Waals surface area (Å²) in [4.78, 5) is 19.5. The fourth-order valence-electron chi connectivity index (χ4n) is 5.24. The molecule has 178 valence electrons. The van der Waals surface area contributed by atoms with Gasteiger partial charge in [-0.15, -0.1) is 0 Å². The van der Waals surface area contributed by atoms with Gasteiger partial charge in [-0.1, -0.05) is 29.1 Å². The fourth-order valence-corrected chi connectivity index (χ4v) is 5.24. The molecule has 3 aliphatic heterocycles. The lowest BCUT2D eigenvalue weighted by molar-refractivity contribution is 0.0993. The van der Waals surface area contributed by atoms with Crippen LogP contribution < -0.4 is 5.73 Å². The number of aliphatic hydroxyl groups is 1. The van der Waals surface area contributed by atoms with Crippen molar-refractivity contribution in [3.05, 3.63) is 64.3 Å². The third-order valence-corrected chi connectivity index (χ3v) is 7.15. The van der Waals surface area contributed by atoms with Gasteiger partial charge in [0, 0.05) is 23.7 Å². The second-order valence-electron chi connectivity index (χ2n) is 9.82. The molecular weight excluding hydrogens is 442 g/mol. The highest BCUT2D eigenvalue weighted by Crippen LogP contribution is 2.48. The molecule has 2 bridgehead atoms. The van der Waals surface area contributed by atoms with E-state index in [1.807, 2.05) is 18.2 Å². The molecule has 1 amide bonds. The molecule has 1 aromatic carbocycles. The van der Waals surface area contributed by atoms with Crippen molar-refractivity contribution in [3.8, 4) is 23.2 Å². The third-order valence-electron chi connectivity index (χ3n) is 7.15. The van der Waals surface area contributed by atoms with Gasteiger partial charge in [0.1, 0.15) is 17.3 Å². The number of carbonyl (C=O) groups is 1. The van der Waals surface area contributed by atoms with Gasteiger partial charge in [0.15, 0.2) is 11.3 Å². The van der Waals surface area contributed by atoms with E-state index in [2.05, 4.69) is 32.5 Å². The van der Waals surface area contributed by atoms with Gasteiger partial charge in [-0.25, -0.2) is 4.98 Å². The average molecular weight is 470 g/mol. The van der Waals surface area contributed by atoms with Crippen LogP contribution in [0.15, 0.2) is 34.9 Å². The number of hydrogen-bond acceptors (Lipinski definition) is 6. The number of benzene rings is 1. The molecule has 8 nitrogen and oxygen atoms in total. The van der Waals surface area contributed by atoms with E-state index in [-0.39, 0.29) is 6.04 Å². The summed E-state index contributed by atoms with van der Waals surface area (Å²) in [5.74, 6) is 6.87. The summed E-state index contributed by atoms with van der Waals surface area (Å²) < 4.78 is 7.28. The molecule has 1 saturated heterocycles. The van der Waals surface area contributed by atoms with Crippen LogP contribution in [0.1, 0.15) is 71.0 Å². The smallest absolute Gasteiger partial charge is 0.269 e. The Hall–Kier alpha value is -3.67. The van der Waals surface area contributed by atoms with E-state index in [0.29, 0.717) is 23.7 Å². The molecule has 3 N–H and O–H groups in total. The summed E-state index contributed by atoms with van der Waals surface area (Å²) >= 11 is 0. The number of hydrogen-bond donors (Lipinski definition) is 2. The van der Waals surface area contributed by atoms with Crippen LogP contribution >= 0.6 is 0 Å². The minimum Gasteiger partial charge on any atom is -0.372 e. The number of aromatic nitrogens is 3. The van der Waals surface area contributed by atoms with E-state index in [0.717, 1.165) is 47.7 Å². The summed E-state index contributed by atoms with van der Waals surface area (Å²) in [5.41, 5.74) is 9.98. The van der Waals surface area contributed by atoms with Crippen LogP contribution in [0.5, 0.6) is 0 Å². The van der Waals surface area contributed by atoms with Gasteiger partial charge in [0.25, 0.3) is 5.91 Å². The van der Waals surface area contributed by atoms with Gasteiger partial charge < -0.3 is 19.9 Å². The Morgan fingerprint density at radius 1 is 1.29 bits per heavy atom. The minimum atomic E-state index is -1.45. The molecule has 1 fully saturated rings. The SMILES string of the molecule is Cc1cc([C@](C)(O)C#Cc2ccc3c(c2)-c2nc(C(N)=O)c(CN4CCCC4)n2C2C=C3C2)no1. The summed E-state index contributed by atoms with van der Waals surface area (Å²) in [6.45, 7) is 6.07. The Bertz CT molecular complexity index is 1440. The number of primary amides is 1. The van der Waals surface area contributed by atoms with Gasteiger partial charge in [-0.05, 0) is 69.5 Å². The molecule has 2 aromatic heterocycles. The molecule has 1 aliphatic carbocycles. The Morgan fingerprint density at radius 2 is 2.06 bits per heavy atom. The summed E-state index contributed by atoms with van der Waals surface area (Å²) in [6, 6.07) is 7.82. The van der Waals surface area contributed by atoms with Crippen LogP contribution in [0.4, 0.5) is 0 Å². The van der Waals surface area contributed by atoms with Gasteiger partial charge in [-0.2, -0.15) is 0 Å². The zero-order chi connectivity index (χ0) is 24.3. The van der Waals surface area contributed by atoms with E-state index >= 15 is 0 Å². The standard InChI is InChI=1S/C27H27N5O3/c1-16-11-23(30-35-16)27(2,34)8-7-17-5-6-20-18-13-19(14-18)32-22(15-31-9-3-4-10-31)24(25(28)33)29-26(32)21(20)12-17/h5-6,11-13,19,34H,3-4,9-10,14-15H2,1-2H3,(H2,28,33)/t19?,27-/m1/s1. The molecule has 2 atom stereocenters. The first-order valence-electron chi connectivity index (χ1n) is 12.0. The zero-order valence-electron chi connectivity index (χ0n) is 19.8. The largest absolute Gasteiger partial charge is 0.372 e. The van der Waals surface area contributed by atoms with Crippen molar-refractivity contribution in [2.24, 2.45) is 5.73 Å². The van der Waals surface area contributed by atoms with Crippen molar-refractivity contribution in [1.82, 2.24) is 19.6 Å². The van der Waals surface area contributed by atoms with Crippen LogP contribution in [0.2, 0.25) is 0 Å². The van der Waals surface area contributed by atoms with E-state index in [1.165, 1.54) is 18.4 Å². The van der Waals surface area contributed by atoms with Crippen molar-refractivity contribution in [3.63, 3.8) is 0 Å². The average Bonchev–Trinajstić information content (AvgIpc) is 3.51. The molecule has 1 unspecified atom stereocenters. The molecular formula is C27H27N5O3. The van der Waals surface area contributed by atoms with E-state index in [9.17, 15) is 9.90 Å². The van der Waals surface area contributed by atoms with E-state index in [4.69, 9.17) is 15.2 Å². The van der Waals surface area contributed by atoms with Crippen molar-refractivity contribution in [2.45, 2.75) is 51.3 Å². The second kappa shape index (κ2) is 7.94. The van der Waals surface area contributed by atoms with Crippen molar-refractivity contribution >= 4 is 11.5 Å². The number of allylic oxidation sites excluding steroid dienone is 2. The van der Waals surface area contributed by atoms with Gasteiger partial charge in [0.2, 0.25) is 0 Å². The minimum absolute atomic E-state index is 0.163. The van der Waals surface area contributed by atoms with Crippen LogP contribution in [0.25, 0.3) is 17.0 Å². The van der Waals surface area contributed by atoms with Crippen LogP contribution in [0, 0.1) is 18.8 Å². The number of carbonyl (C=O) groups excluding carboxylic acids is 1. The highest BCUT2D eigenvalue weighted by atomic mass is 16.5. The Balaban J connectivity index is 1.43. The fraction of sp³-hybridized carbons (Fsp3) is 0.370. The number of likely N-dealkylation sites (tertiary alicyclic amines) is 1. The van der Waals surface area contributed by atoms with Crippen molar-refractivity contribution in [1.29, 1.82) is 0 Å². The zero-order valence-corrected chi connectivity index (χ0v) is 19.8. The number of imidazole rings is 1. The lowest BCUT2D eigenvalue weighted by Crippen LogP contribution is -2.26. The highest BCUT2D eigenvalue weighted by Gasteiger charge is 2.36. The normalized spacial score (nSPS) is 20.0. The second-order valence-corrected chi connectivity index (χ2v) is 9.82. The van der Waals surface area contributed by atoms with E-state index in [1.54, 1.807) is 19.9 Å². The molecule has 35 heavy (non-hydrogen) atoms. The Labute approximate surface area is 203 Å². The topological polar surface area (TPSA) is 110 Å².